The zero-order chi connectivity index (χ0) is 18.1. The predicted octanol–water partition coefficient (Wildman–Crippen LogP) is 2.34. The topological polar surface area (TPSA) is 96.8 Å². The molecule has 2 aromatic rings. The van der Waals surface area contributed by atoms with Crippen molar-refractivity contribution in [1.29, 1.82) is 0 Å². The van der Waals surface area contributed by atoms with Gasteiger partial charge < -0.3 is 4.90 Å². The predicted molar refractivity (Wildman–Crippen MR) is 94.0 cm³/mol. The van der Waals surface area contributed by atoms with Crippen molar-refractivity contribution in [3.63, 3.8) is 0 Å². The highest BCUT2D eigenvalue weighted by atomic mass is 16.2. The average Bonchev–Trinajstić information content (AvgIpc) is 3.42. The van der Waals surface area contributed by atoms with Gasteiger partial charge in [-0.2, -0.15) is 5.10 Å². The number of likely N-dealkylation sites (tertiary alicyclic amines) is 1. The number of nitrogens with one attached hydrogen (secondary N) is 1. The van der Waals surface area contributed by atoms with Gasteiger partial charge >= 0.3 is 0 Å². The first-order valence-electron chi connectivity index (χ1n) is 9.39. The van der Waals surface area contributed by atoms with E-state index in [1.807, 2.05) is 9.58 Å². The normalized spacial score (nSPS) is 19.2. The summed E-state index contributed by atoms with van der Waals surface area (Å²) in [5, 5.41) is 15.3. The summed E-state index contributed by atoms with van der Waals surface area (Å²) in [7, 11) is 0. The lowest BCUT2D eigenvalue weighted by atomic mass is 10.0. The van der Waals surface area contributed by atoms with Crippen LogP contribution in [0.2, 0.25) is 0 Å². The summed E-state index contributed by atoms with van der Waals surface area (Å²) < 4.78 is 1.99. The van der Waals surface area contributed by atoms with Gasteiger partial charge in [0.25, 0.3) is 5.91 Å². The van der Waals surface area contributed by atoms with Gasteiger partial charge in [-0.3, -0.25) is 14.7 Å². The summed E-state index contributed by atoms with van der Waals surface area (Å²) in [6.45, 7) is 2.76. The third-order valence-electron chi connectivity index (χ3n) is 5.60. The maximum atomic E-state index is 12.6. The van der Waals surface area contributed by atoms with Crippen LogP contribution in [0.1, 0.15) is 84.1 Å². The quantitative estimate of drug-likeness (QED) is 0.848. The first-order chi connectivity index (χ1) is 12.6. The molecule has 4 rings (SSSR count). The number of piperidine rings is 1. The molecule has 1 aliphatic heterocycles. The Bertz CT molecular complexity index is 796. The molecule has 0 aromatic carbocycles. The van der Waals surface area contributed by atoms with Gasteiger partial charge in [0.2, 0.25) is 0 Å². The van der Waals surface area contributed by atoms with Crippen LogP contribution in [0.15, 0.2) is 12.3 Å². The monoisotopic (exact) mass is 356 g/mol. The highest BCUT2D eigenvalue weighted by molar-refractivity contribution is 5.97. The van der Waals surface area contributed by atoms with Crippen LogP contribution >= 0.6 is 0 Å². The highest BCUT2D eigenvalue weighted by Crippen LogP contribution is 2.33. The number of aromatic nitrogens is 5. The minimum atomic E-state index is -0.150. The number of H-pyrrole nitrogens is 1. The van der Waals surface area contributed by atoms with Crippen molar-refractivity contribution in [2.75, 3.05) is 13.1 Å². The molecule has 2 aromatic heterocycles. The van der Waals surface area contributed by atoms with E-state index < -0.39 is 0 Å². The van der Waals surface area contributed by atoms with Crippen molar-refractivity contribution in [1.82, 2.24) is 30.1 Å². The van der Waals surface area contributed by atoms with Gasteiger partial charge in [-0.1, -0.05) is 18.1 Å². The molecule has 1 N–H and O–H groups in total. The third kappa shape index (κ3) is 3.27. The molecule has 0 atom stereocenters. The van der Waals surface area contributed by atoms with Crippen LogP contribution in [-0.2, 0) is 0 Å². The Hall–Kier alpha value is -2.51. The van der Waals surface area contributed by atoms with Gasteiger partial charge in [-0.25, -0.2) is 4.68 Å². The molecule has 0 spiro atoms. The standard InChI is InChI=1S/C18H24N6O2/c1-12(25)15-10-16(20-19-15)18(26)23-8-6-14(7-9-23)24-11-17(21-22-24)13-4-2-3-5-13/h10-11,13-14H,2-9H2,1H3,(H,19,20). The van der Waals surface area contributed by atoms with Crippen LogP contribution in [0.5, 0.6) is 0 Å². The van der Waals surface area contributed by atoms with E-state index in [0.29, 0.717) is 30.4 Å². The van der Waals surface area contributed by atoms with E-state index >= 15 is 0 Å². The minimum Gasteiger partial charge on any atom is -0.337 e. The third-order valence-corrected chi connectivity index (χ3v) is 5.60. The summed E-state index contributed by atoms with van der Waals surface area (Å²) in [5.74, 6) is 0.318. The van der Waals surface area contributed by atoms with Crippen LogP contribution < -0.4 is 0 Å². The number of carbonyl (C=O) groups is 2. The molecule has 2 fully saturated rings. The van der Waals surface area contributed by atoms with E-state index in [1.54, 1.807) is 0 Å². The molecule has 8 nitrogen and oxygen atoms in total. The van der Waals surface area contributed by atoms with Gasteiger partial charge in [0, 0.05) is 32.1 Å². The van der Waals surface area contributed by atoms with Gasteiger partial charge in [0.15, 0.2) is 5.78 Å². The Labute approximate surface area is 151 Å². The van der Waals surface area contributed by atoms with Crippen molar-refractivity contribution < 1.29 is 9.59 Å². The zero-order valence-electron chi connectivity index (χ0n) is 15.0. The number of hydrogen-bond acceptors (Lipinski definition) is 5. The Morgan fingerprint density at radius 1 is 1.15 bits per heavy atom. The number of nitrogens with zero attached hydrogens (tertiary/aromatic N) is 5. The number of carbonyl (C=O) groups excluding carboxylic acids is 2. The average molecular weight is 356 g/mol. The van der Waals surface area contributed by atoms with Gasteiger partial charge in [-0.15, -0.1) is 5.10 Å². The molecule has 138 valence electrons. The van der Waals surface area contributed by atoms with Crippen molar-refractivity contribution in [3.8, 4) is 0 Å². The van der Waals surface area contributed by atoms with Crippen LogP contribution in [0, 0.1) is 0 Å². The van der Waals surface area contributed by atoms with Gasteiger partial charge in [-0.05, 0) is 31.7 Å². The number of ketones is 1. The maximum absolute atomic E-state index is 12.6. The van der Waals surface area contributed by atoms with Gasteiger partial charge in [0.05, 0.1) is 11.7 Å². The highest BCUT2D eigenvalue weighted by Gasteiger charge is 2.27. The molecular weight excluding hydrogens is 332 g/mol. The van der Waals surface area contributed by atoms with Gasteiger partial charge in [0.1, 0.15) is 11.4 Å². The van der Waals surface area contributed by atoms with E-state index in [-0.39, 0.29) is 17.7 Å². The zero-order valence-corrected chi connectivity index (χ0v) is 15.0. The fourth-order valence-electron chi connectivity index (χ4n) is 3.99. The molecule has 1 amide bonds. The molecule has 2 aliphatic rings. The molecule has 1 saturated heterocycles. The summed E-state index contributed by atoms with van der Waals surface area (Å²) in [6, 6.07) is 1.82. The van der Waals surface area contributed by atoms with E-state index in [1.165, 1.54) is 38.7 Å². The number of amides is 1. The van der Waals surface area contributed by atoms with E-state index in [2.05, 4.69) is 26.7 Å². The van der Waals surface area contributed by atoms with Crippen molar-refractivity contribution >= 4 is 11.7 Å². The molecular formula is C18H24N6O2. The molecule has 3 heterocycles. The fraction of sp³-hybridized carbons (Fsp3) is 0.611. The van der Waals surface area contributed by atoms with Crippen LogP contribution in [0.3, 0.4) is 0 Å². The molecule has 0 unspecified atom stereocenters. The smallest absolute Gasteiger partial charge is 0.271 e. The maximum Gasteiger partial charge on any atom is 0.271 e. The molecule has 1 saturated carbocycles. The Morgan fingerprint density at radius 3 is 2.54 bits per heavy atom. The SMILES string of the molecule is CC(=O)c1cc(C(=O)N2CCC(n3cc(C4CCCC4)nn3)CC2)[nH]n1. The first-order valence-corrected chi connectivity index (χ1v) is 9.39. The van der Waals surface area contributed by atoms with E-state index in [0.717, 1.165) is 18.5 Å². The largest absolute Gasteiger partial charge is 0.337 e. The summed E-state index contributed by atoms with van der Waals surface area (Å²) in [5.41, 5.74) is 1.79. The van der Waals surface area contributed by atoms with Crippen molar-refractivity contribution in [3.05, 3.63) is 29.3 Å². The van der Waals surface area contributed by atoms with E-state index in [9.17, 15) is 9.59 Å². The number of hydrogen-bond donors (Lipinski definition) is 1. The van der Waals surface area contributed by atoms with Crippen LogP contribution in [0.4, 0.5) is 0 Å². The summed E-state index contributed by atoms with van der Waals surface area (Å²) >= 11 is 0. The van der Waals surface area contributed by atoms with Crippen molar-refractivity contribution in [2.45, 2.75) is 57.4 Å². The lowest BCUT2D eigenvalue weighted by Gasteiger charge is -2.31. The second-order valence-corrected chi connectivity index (χ2v) is 7.35. The second-order valence-electron chi connectivity index (χ2n) is 7.35. The molecule has 0 bridgehead atoms. The Balaban J connectivity index is 1.36. The molecule has 26 heavy (non-hydrogen) atoms. The number of aromatic amines is 1. The Kier molecular flexibility index (Phi) is 4.57. The molecule has 8 heteroatoms. The first kappa shape index (κ1) is 16.9. The number of rotatable bonds is 4. The summed E-state index contributed by atoms with van der Waals surface area (Å²) in [4.78, 5) is 25.7. The number of Topliss-reactive ketones (excluding diaryl/α,β-unsaturated/α-hetero) is 1. The minimum absolute atomic E-state index is 0.103. The lowest BCUT2D eigenvalue weighted by molar-refractivity contribution is 0.0683. The Morgan fingerprint density at radius 2 is 1.88 bits per heavy atom. The second kappa shape index (κ2) is 7.01. The van der Waals surface area contributed by atoms with Crippen LogP contribution in [-0.4, -0.2) is 54.9 Å². The van der Waals surface area contributed by atoms with Crippen molar-refractivity contribution in [2.24, 2.45) is 0 Å². The molecule has 0 radical (unpaired) electrons. The van der Waals surface area contributed by atoms with E-state index in [4.69, 9.17) is 0 Å². The van der Waals surface area contributed by atoms with Crippen LogP contribution in [0.25, 0.3) is 0 Å². The lowest BCUT2D eigenvalue weighted by Crippen LogP contribution is -2.39. The summed E-state index contributed by atoms with van der Waals surface area (Å²) in [6.07, 6.45) is 8.83. The molecule has 1 aliphatic carbocycles. The fourth-order valence-corrected chi connectivity index (χ4v) is 3.99.